The van der Waals surface area contributed by atoms with Crippen molar-refractivity contribution in [1.29, 1.82) is 0 Å². The van der Waals surface area contributed by atoms with Crippen molar-refractivity contribution >= 4 is 16.3 Å². The Hall–Kier alpha value is -0.870. The van der Waals surface area contributed by atoms with Gasteiger partial charge in [-0.05, 0) is 19.9 Å². The Bertz CT molecular complexity index is 430. The minimum atomic E-state index is 0.914. The largest absolute Gasteiger partial charge is 0.311 e. The van der Waals surface area contributed by atoms with Crippen LogP contribution in [0.15, 0.2) is 12.4 Å². The number of hydrogen-bond donors (Lipinski definition) is 1. The van der Waals surface area contributed by atoms with Crippen molar-refractivity contribution in [2.75, 3.05) is 6.54 Å². The molecule has 0 radical (unpaired) electrons. The summed E-state index contributed by atoms with van der Waals surface area (Å²) in [5.41, 5.74) is 1.26. The van der Waals surface area contributed by atoms with Crippen molar-refractivity contribution in [1.82, 2.24) is 14.7 Å². The van der Waals surface area contributed by atoms with Gasteiger partial charge in [-0.2, -0.15) is 0 Å². The molecule has 3 nitrogen and oxygen atoms in total. The second kappa shape index (κ2) is 4.77. The molecule has 2 rings (SSSR count). The van der Waals surface area contributed by atoms with Crippen LogP contribution in [0.3, 0.4) is 0 Å². The minimum absolute atomic E-state index is 0.914. The standard InChI is InChI=1S/C11H17N3S/c1-3-4-5-12-6-10-7-13-11-14(10)8-9(2)15-11/h7-8,12H,3-6H2,1-2H3. The minimum Gasteiger partial charge on any atom is -0.311 e. The van der Waals surface area contributed by atoms with E-state index < -0.39 is 0 Å². The molecule has 4 heteroatoms. The van der Waals surface area contributed by atoms with E-state index in [0.717, 1.165) is 18.1 Å². The van der Waals surface area contributed by atoms with Crippen molar-refractivity contribution in [3.8, 4) is 0 Å². The molecule has 2 heterocycles. The molecule has 2 aromatic rings. The number of aryl methyl sites for hydroxylation is 1. The van der Waals surface area contributed by atoms with Gasteiger partial charge in [-0.3, -0.25) is 4.40 Å². The van der Waals surface area contributed by atoms with Crippen LogP contribution >= 0.6 is 11.3 Å². The van der Waals surface area contributed by atoms with Crippen LogP contribution in [-0.4, -0.2) is 15.9 Å². The molecule has 1 N–H and O–H groups in total. The summed E-state index contributed by atoms with van der Waals surface area (Å²) in [5.74, 6) is 0. The fraction of sp³-hybridized carbons (Fsp3) is 0.545. The molecule has 0 bridgehead atoms. The van der Waals surface area contributed by atoms with Crippen LogP contribution in [0.2, 0.25) is 0 Å². The van der Waals surface area contributed by atoms with Crippen LogP contribution in [0.5, 0.6) is 0 Å². The van der Waals surface area contributed by atoms with Crippen LogP contribution < -0.4 is 5.32 Å². The quantitative estimate of drug-likeness (QED) is 0.789. The highest BCUT2D eigenvalue weighted by Gasteiger charge is 2.04. The predicted octanol–water partition coefficient (Wildman–Crippen LogP) is 2.59. The first-order chi connectivity index (χ1) is 7.31. The molecule has 0 unspecified atom stereocenters. The van der Waals surface area contributed by atoms with Crippen LogP contribution in [0.25, 0.3) is 4.96 Å². The Morgan fingerprint density at radius 2 is 2.40 bits per heavy atom. The maximum atomic E-state index is 4.38. The molecule has 0 saturated carbocycles. The maximum Gasteiger partial charge on any atom is 0.194 e. The molecule has 0 fully saturated rings. The number of fused-ring (bicyclic) bond motifs is 1. The van der Waals surface area contributed by atoms with Gasteiger partial charge in [-0.15, -0.1) is 11.3 Å². The molecule has 0 spiro atoms. The SMILES string of the molecule is CCCCNCc1cnc2sc(C)cn12. The first kappa shape index (κ1) is 10.6. The number of thiazole rings is 1. The van der Waals surface area contributed by atoms with Gasteiger partial charge in [-0.1, -0.05) is 13.3 Å². The summed E-state index contributed by atoms with van der Waals surface area (Å²) in [5, 5.41) is 3.43. The predicted molar refractivity (Wildman–Crippen MR) is 64.4 cm³/mol. The summed E-state index contributed by atoms with van der Waals surface area (Å²) in [4.78, 5) is 6.79. The first-order valence-corrected chi connectivity index (χ1v) is 6.26. The monoisotopic (exact) mass is 223 g/mol. The van der Waals surface area contributed by atoms with Crippen molar-refractivity contribution in [3.63, 3.8) is 0 Å². The summed E-state index contributed by atoms with van der Waals surface area (Å²) >= 11 is 1.74. The number of aromatic nitrogens is 2. The van der Waals surface area contributed by atoms with Crippen LogP contribution in [0.1, 0.15) is 30.3 Å². The van der Waals surface area contributed by atoms with Gasteiger partial charge in [0.05, 0.1) is 11.9 Å². The average molecular weight is 223 g/mol. The molecule has 0 atom stereocenters. The van der Waals surface area contributed by atoms with Crippen LogP contribution in [-0.2, 0) is 6.54 Å². The third-order valence-corrected chi connectivity index (χ3v) is 3.33. The second-order valence-corrected chi connectivity index (χ2v) is 4.99. The lowest BCUT2D eigenvalue weighted by Gasteiger charge is -2.01. The van der Waals surface area contributed by atoms with Crippen LogP contribution in [0.4, 0.5) is 0 Å². The molecule has 0 amide bonds. The van der Waals surface area contributed by atoms with Gasteiger partial charge in [0, 0.05) is 17.6 Å². The van der Waals surface area contributed by atoms with E-state index in [1.54, 1.807) is 11.3 Å². The second-order valence-electron chi connectivity index (χ2n) is 3.77. The number of imidazole rings is 1. The smallest absolute Gasteiger partial charge is 0.194 e. The lowest BCUT2D eigenvalue weighted by Crippen LogP contribution is -2.15. The van der Waals surface area contributed by atoms with E-state index in [9.17, 15) is 0 Å². The van der Waals surface area contributed by atoms with Crippen LogP contribution in [0, 0.1) is 6.92 Å². The molecule has 82 valence electrons. The van der Waals surface area contributed by atoms with Crippen molar-refractivity contribution in [2.24, 2.45) is 0 Å². The van der Waals surface area contributed by atoms with E-state index in [0.29, 0.717) is 0 Å². The Labute approximate surface area is 94.1 Å². The molecule has 2 aromatic heterocycles. The van der Waals surface area contributed by atoms with E-state index in [2.05, 4.69) is 34.7 Å². The molecular weight excluding hydrogens is 206 g/mol. The number of nitrogens with zero attached hydrogens (tertiary/aromatic N) is 2. The van der Waals surface area contributed by atoms with E-state index >= 15 is 0 Å². The zero-order chi connectivity index (χ0) is 10.7. The van der Waals surface area contributed by atoms with Gasteiger partial charge < -0.3 is 5.32 Å². The maximum absolute atomic E-state index is 4.38. The Morgan fingerprint density at radius 1 is 1.53 bits per heavy atom. The molecule has 0 aromatic carbocycles. The number of unbranched alkanes of at least 4 members (excludes halogenated alkanes) is 1. The van der Waals surface area contributed by atoms with Gasteiger partial charge in [0.2, 0.25) is 0 Å². The molecule has 0 aliphatic heterocycles. The Balaban J connectivity index is 2.01. The van der Waals surface area contributed by atoms with E-state index in [1.165, 1.54) is 23.4 Å². The fourth-order valence-corrected chi connectivity index (χ4v) is 2.41. The molecule has 0 aliphatic carbocycles. The zero-order valence-corrected chi connectivity index (χ0v) is 10.1. The third kappa shape index (κ3) is 2.38. The zero-order valence-electron chi connectivity index (χ0n) is 9.29. The molecular formula is C11H17N3S. The van der Waals surface area contributed by atoms with Gasteiger partial charge in [-0.25, -0.2) is 4.98 Å². The van der Waals surface area contributed by atoms with Crippen molar-refractivity contribution in [3.05, 3.63) is 23.0 Å². The highest BCUT2D eigenvalue weighted by molar-refractivity contribution is 7.16. The van der Waals surface area contributed by atoms with Gasteiger partial charge in [0.1, 0.15) is 0 Å². The summed E-state index contributed by atoms with van der Waals surface area (Å²) < 4.78 is 2.18. The van der Waals surface area contributed by atoms with Crippen molar-refractivity contribution in [2.45, 2.75) is 33.2 Å². The summed E-state index contributed by atoms with van der Waals surface area (Å²) in [6.45, 7) is 6.33. The Morgan fingerprint density at radius 3 is 3.20 bits per heavy atom. The topological polar surface area (TPSA) is 29.3 Å². The lowest BCUT2D eigenvalue weighted by atomic mass is 10.3. The molecule has 0 saturated heterocycles. The van der Waals surface area contributed by atoms with E-state index in [4.69, 9.17) is 0 Å². The summed E-state index contributed by atoms with van der Waals surface area (Å²) in [6, 6.07) is 0. The molecule has 15 heavy (non-hydrogen) atoms. The number of hydrogen-bond acceptors (Lipinski definition) is 3. The first-order valence-electron chi connectivity index (χ1n) is 5.44. The lowest BCUT2D eigenvalue weighted by molar-refractivity contribution is 0.631. The van der Waals surface area contributed by atoms with E-state index in [1.807, 2.05) is 6.20 Å². The highest BCUT2D eigenvalue weighted by atomic mass is 32.1. The van der Waals surface area contributed by atoms with Gasteiger partial charge >= 0.3 is 0 Å². The van der Waals surface area contributed by atoms with Gasteiger partial charge in [0.15, 0.2) is 4.96 Å². The molecule has 0 aliphatic rings. The third-order valence-electron chi connectivity index (χ3n) is 2.42. The normalized spacial score (nSPS) is 11.3. The van der Waals surface area contributed by atoms with E-state index in [-0.39, 0.29) is 0 Å². The summed E-state index contributed by atoms with van der Waals surface area (Å²) in [6.07, 6.45) is 6.60. The fourth-order valence-electron chi connectivity index (χ4n) is 1.59. The average Bonchev–Trinajstić information content (AvgIpc) is 2.73. The van der Waals surface area contributed by atoms with Gasteiger partial charge in [0.25, 0.3) is 0 Å². The van der Waals surface area contributed by atoms with Crippen molar-refractivity contribution < 1.29 is 0 Å². The highest BCUT2D eigenvalue weighted by Crippen LogP contribution is 2.17. The Kier molecular flexibility index (Phi) is 3.38. The number of nitrogens with one attached hydrogen (secondary N) is 1. The number of rotatable bonds is 5. The summed E-state index contributed by atoms with van der Waals surface area (Å²) in [7, 11) is 0.